The molecule has 12 rings (SSSR count). The van der Waals surface area contributed by atoms with Crippen molar-refractivity contribution in [2.45, 2.75) is 51.8 Å². The first-order valence-electron chi connectivity index (χ1n) is 29.9. The van der Waals surface area contributed by atoms with E-state index in [2.05, 4.69) is 45.3 Å². The number of ether oxygens (including phenoxy) is 1. The standard InChI is InChI=1S/C27H24F3N3O2.C24H18F3N3O.C23H18F3N3O2S/c1-26(2,3)35-25(34)33-21-7-5-4-6-20(21)18-11-14-22-23(16-18)32-24(31-22)15-10-17-8-12-19(13-9-17)27(28,29)30;1-15(31)28-20-5-3-2-4-19(20)17-9-12-21-22(14-17)30-23(29-21)13-8-16-6-10-18(11-7-16)24(25,26)27;1-32(30,31)29-19-5-3-2-4-18(19)16-9-12-20-21(14-16)28-22(27-20)13-8-15-6-10-17(11-7-15)23(24,25)26/h4-16H,1-3H3,(H,31,32)(H,33,34);2-14H,1H3,(H,28,31)(H,29,30);2-14,29H,1H3,(H,27,28)/b15-10+;2*13-8+. The second-order valence-electron chi connectivity index (χ2n) is 23.2. The lowest BCUT2D eigenvalue weighted by atomic mass is 10.0. The van der Waals surface area contributed by atoms with E-state index in [0.29, 0.717) is 51.1 Å². The van der Waals surface area contributed by atoms with Crippen molar-refractivity contribution in [2.75, 3.05) is 21.6 Å². The molecule has 0 saturated carbocycles. The van der Waals surface area contributed by atoms with Crippen molar-refractivity contribution in [3.05, 3.63) is 251 Å². The van der Waals surface area contributed by atoms with Crippen molar-refractivity contribution in [1.29, 1.82) is 0 Å². The molecule has 0 unspecified atom stereocenters. The molecule has 9 aromatic carbocycles. The van der Waals surface area contributed by atoms with Crippen LogP contribution in [-0.4, -0.2) is 62.2 Å². The lowest BCUT2D eigenvalue weighted by Gasteiger charge is -2.20. The summed E-state index contributed by atoms with van der Waals surface area (Å²) in [6.45, 7) is 6.86. The summed E-state index contributed by atoms with van der Waals surface area (Å²) in [5, 5.41) is 5.63. The Morgan fingerprint density at radius 1 is 0.418 bits per heavy atom. The van der Waals surface area contributed by atoms with Gasteiger partial charge < -0.3 is 25.0 Å². The summed E-state index contributed by atoms with van der Waals surface area (Å²) in [4.78, 5) is 46.8. The minimum Gasteiger partial charge on any atom is -0.444 e. The van der Waals surface area contributed by atoms with Gasteiger partial charge in [-0.2, -0.15) is 39.5 Å². The van der Waals surface area contributed by atoms with E-state index in [9.17, 15) is 57.5 Å². The lowest BCUT2D eigenvalue weighted by molar-refractivity contribution is -0.138. The number of fused-ring (bicyclic) bond motifs is 3. The fourth-order valence-corrected chi connectivity index (χ4v) is 10.6. The Hall–Kier alpha value is -11.5. The van der Waals surface area contributed by atoms with E-state index in [1.165, 1.54) is 43.3 Å². The first kappa shape index (κ1) is 69.3. The number of hydrogen-bond acceptors (Lipinski definition) is 8. The monoisotopic (exact) mass is 1360 g/mol. The Balaban J connectivity index is 0.000000160. The predicted molar refractivity (Wildman–Crippen MR) is 368 cm³/mol. The number of benzene rings is 9. The highest BCUT2D eigenvalue weighted by molar-refractivity contribution is 7.92. The molecule has 0 aliphatic heterocycles. The van der Waals surface area contributed by atoms with Gasteiger partial charge in [0.05, 0.1) is 67.4 Å². The summed E-state index contributed by atoms with van der Waals surface area (Å²) >= 11 is 0. The number of rotatable bonds is 13. The second-order valence-corrected chi connectivity index (χ2v) is 25.0. The van der Waals surface area contributed by atoms with E-state index in [-0.39, 0.29) is 5.91 Å². The van der Waals surface area contributed by atoms with Crippen LogP contribution in [0.25, 0.3) is 103 Å². The van der Waals surface area contributed by atoms with Gasteiger partial charge in [-0.1, -0.05) is 127 Å². The third-order valence-corrected chi connectivity index (χ3v) is 15.1. The van der Waals surface area contributed by atoms with Gasteiger partial charge in [-0.05, 0) is 163 Å². The third-order valence-electron chi connectivity index (χ3n) is 14.5. The number of aromatic nitrogens is 6. The minimum absolute atomic E-state index is 0.147. The topological polar surface area (TPSA) is 200 Å². The van der Waals surface area contributed by atoms with Gasteiger partial charge >= 0.3 is 24.6 Å². The van der Waals surface area contributed by atoms with E-state index in [0.717, 1.165) is 109 Å². The van der Waals surface area contributed by atoms with E-state index < -0.39 is 56.9 Å². The van der Waals surface area contributed by atoms with Crippen molar-refractivity contribution in [3.8, 4) is 33.4 Å². The van der Waals surface area contributed by atoms with Gasteiger partial charge in [-0.25, -0.2) is 28.2 Å². The summed E-state index contributed by atoms with van der Waals surface area (Å²) in [6, 6.07) is 53.7. The van der Waals surface area contributed by atoms with E-state index in [1.807, 2.05) is 109 Å². The number of sulfonamides is 1. The molecule has 0 saturated heterocycles. The highest BCUT2D eigenvalue weighted by Crippen LogP contribution is 2.36. The maximum atomic E-state index is 12.7. The number of hydrogen-bond donors (Lipinski definition) is 6. The maximum absolute atomic E-state index is 12.7. The molecule has 98 heavy (non-hydrogen) atoms. The molecule has 0 radical (unpaired) electrons. The average Bonchev–Trinajstić information content (AvgIpc) is 1.61. The molecule has 500 valence electrons. The predicted octanol–water partition coefficient (Wildman–Crippen LogP) is 19.9. The summed E-state index contributed by atoms with van der Waals surface area (Å²) < 4.78 is 146. The SMILES string of the molecule is CC(=O)Nc1ccccc1-c1ccc2nc(/C=C/c3ccc(C(F)(F)F)cc3)[nH]c2c1.CC(C)(C)OC(=O)Nc1ccccc1-c1ccc2nc(/C=C/c3ccc(C(F)(F)F)cc3)[nH]c2c1.CS(=O)(=O)Nc1ccccc1-c1ccc2nc(/C=C/c3ccc(C(F)(F)F)cc3)[nH]c2c1. The van der Waals surface area contributed by atoms with Gasteiger partial charge in [0, 0.05) is 29.3 Å². The highest BCUT2D eigenvalue weighted by Gasteiger charge is 2.32. The molecule has 0 spiro atoms. The molecule has 0 fully saturated rings. The van der Waals surface area contributed by atoms with E-state index in [1.54, 1.807) is 75.4 Å². The van der Waals surface area contributed by atoms with Crippen molar-refractivity contribution in [2.24, 2.45) is 0 Å². The van der Waals surface area contributed by atoms with Crippen LogP contribution in [0, 0.1) is 0 Å². The van der Waals surface area contributed by atoms with Crippen molar-refractivity contribution in [1.82, 2.24) is 29.9 Å². The van der Waals surface area contributed by atoms with Gasteiger partial charge in [0.1, 0.15) is 23.1 Å². The van der Waals surface area contributed by atoms with Gasteiger partial charge in [-0.3, -0.25) is 14.8 Å². The Labute approximate surface area is 556 Å². The summed E-state index contributed by atoms with van der Waals surface area (Å²) in [7, 11) is -3.43. The zero-order valence-electron chi connectivity index (χ0n) is 52.7. The molecule has 14 nitrogen and oxygen atoms in total. The highest BCUT2D eigenvalue weighted by atomic mass is 32.2. The molecule has 6 N–H and O–H groups in total. The Morgan fingerprint density at radius 3 is 1.03 bits per heavy atom. The van der Waals surface area contributed by atoms with Gasteiger partial charge in [0.25, 0.3) is 0 Å². The fraction of sp³-hybridized carbons (Fsp3) is 0.122. The number of aromatic amines is 3. The number of anilines is 3. The number of para-hydroxylation sites is 3. The molecule has 0 aliphatic carbocycles. The Morgan fingerprint density at radius 2 is 0.724 bits per heavy atom. The van der Waals surface area contributed by atoms with Gasteiger partial charge in [0.15, 0.2) is 0 Å². The van der Waals surface area contributed by atoms with Crippen LogP contribution >= 0.6 is 0 Å². The van der Waals surface area contributed by atoms with E-state index >= 15 is 0 Å². The van der Waals surface area contributed by atoms with Crippen molar-refractivity contribution < 1.29 is 62.3 Å². The van der Waals surface area contributed by atoms with Crippen LogP contribution in [0.4, 0.5) is 61.4 Å². The van der Waals surface area contributed by atoms with Crippen LogP contribution in [0.5, 0.6) is 0 Å². The van der Waals surface area contributed by atoms with Crippen molar-refractivity contribution in [3.63, 3.8) is 0 Å². The summed E-state index contributed by atoms with van der Waals surface area (Å²) in [6.07, 6.45) is -2.35. The molecular formula is C74H60F9N9O5S. The number of imidazole rings is 3. The normalized spacial score (nSPS) is 12.2. The Bertz CT molecular complexity index is 5070. The van der Waals surface area contributed by atoms with Crippen LogP contribution in [-0.2, 0) is 38.1 Å². The molecular weight excluding hydrogens is 1300 g/mol. The average molecular weight is 1360 g/mol. The zero-order valence-corrected chi connectivity index (χ0v) is 53.5. The molecule has 3 heterocycles. The number of alkyl halides is 9. The first-order chi connectivity index (χ1) is 46.4. The molecule has 2 amide bonds. The quantitative estimate of drug-likeness (QED) is 0.0613. The number of amides is 2. The van der Waals surface area contributed by atoms with E-state index in [4.69, 9.17) is 4.74 Å². The maximum Gasteiger partial charge on any atom is 0.416 e. The van der Waals surface area contributed by atoms with Crippen LogP contribution in [0.1, 0.15) is 78.5 Å². The number of carbonyl (C=O) groups is 2. The number of H-pyrrole nitrogens is 3. The molecule has 0 bridgehead atoms. The summed E-state index contributed by atoms with van der Waals surface area (Å²) in [5.74, 6) is 1.55. The van der Waals surface area contributed by atoms with Gasteiger partial charge in [-0.15, -0.1) is 0 Å². The number of carbonyl (C=O) groups excluding carboxylic acids is 2. The first-order valence-corrected chi connectivity index (χ1v) is 31.8. The molecule has 0 aliphatic rings. The van der Waals surface area contributed by atoms with Crippen molar-refractivity contribution >= 4 is 109 Å². The largest absolute Gasteiger partial charge is 0.444 e. The molecule has 3 aromatic heterocycles. The third kappa shape index (κ3) is 18.7. The fourth-order valence-electron chi connectivity index (χ4n) is 10.0. The lowest BCUT2D eigenvalue weighted by Crippen LogP contribution is -2.27. The molecule has 12 aromatic rings. The van der Waals surface area contributed by atoms with Crippen LogP contribution in [0.15, 0.2) is 200 Å². The van der Waals surface area contributed by atoms with Crippen LogP contribution in [0.3, 0.4) is 0 Å². The van der Waals surface area contributed by atoms with Crippen LogP contribution < -0.4 is 15.4 Å². The second kappa shape index (κ2) is 28.8. The number of halogens is 9. The number of nitrogens with zero attached hydrogens (tertiary/aromatic N) is 3. The minimum atomic E-state index is -4.37. The Kier molecular flexibility index (Phi) is 20.4. The summed E-state index contributed by atoms with van der Waals surface area (Å²) in [5.41, 5.74) is 10.5. The smallest absolute Gasteiger partial charge is 0.416 e. The van der Waals surface area contributed by atoms with Crippen LogP contribution in [0.2, 0.25) is 0 Å². The molecule has 0 atom stereocenters. The molecule has 24 heteroatoms. The number of nitrogens with one attached hydrogen (secondary N) is 6. The van der Waals surface area contributed by atoms with Gasteiger partial charge in [0.2, 0.25) is 15.9 Å². The zero-order chi connectivity index (χ0) is 70.2.